The normalized spacial score (nSPS) is 13.2. The summed E-state index contributed by atoms with van der Waals surface area (Å²) in [5.74, 6) is 0.00463. The highest BCUT2D eigenvalue weighted by atomic mass is 16.3. The van der Waals surface area contributed by atoms with Crippen molar-refractivity contribution in [1.82, 2.24) is 0 Å². The Labute approximate surface area is 77.8 Å². The molecule has 0 spiro atoms. The molecule has 1 rings (SSSR count). The lowest BCUT2D eigenvalue weighted by atomic mass is 9.96. The maximum Gasteiger partial charge on any atom is 0.162 e. The van der Waals surface area contributed by atoms with Crippen molar-refractivity contribution in [3.8, 4) is 11.5 Å². The van der Waals surface area contributed by atoms with Crippen LogP contribution in [0.15, 0.2) is 18.2 Å². The predicted octanol–water partition coefficient (Wildman–Crippen LogP) is 1.75. The first kappa shape index (κ1) is 9.86. The summed E-state index contributed by atoms with van der Waals surface area (Å²) in [6.45, 7) is 3.93. The molecule has 0 heterocycles. The van der Waals surface area contributed by atoms with Gasteiger partial charge in [0.2, 0.25) is 0 Å². The van der Waals surface area contributed by atoms with E-state index in [0.717, 1.165) is 0 Å². The SMILES string of the molecule is CC(C)[C@@H](N)c1cccc(O)c1O. The van der Waals surface area contributed by atoms with Gasteiger partial charge in [0.25, 0.3) is 0 Å². The minimum atomic E-state index is -0.243. The zero-order valence-electron chi connectivity index (χ0n) is 7.86. The van der Waals surface area contributed by atoms with E-state index in [9.17, 15) is 10.2 Å². The van der Waals surface area contributed by atoms with Crippen LogP contribution in [-0.2, 0) is 0 Å². The van der Waals surface area contributed by atoms with Gasteiger partial charge in [0, 0.05) is 11.6 Å². The van der Waals surface area contributed by atoms with Crippen LogP contribution in [0.25, 0.3) is 0 Å². The van der Waals surface area contributed by atoms with Gasteiger partial charge < -0.3 is 15.9 Å². The van der Waals surface area contributed by atoms with Crippen LogP contribution in [0.3, 0.4) is 0 Å². The van der Waals surface area contributed by atoms with Gasteiger partial charge in [-0.25, -0.2) is 0 Å². The number of hydrogen-bond donors (Lipinski definition) is 3. The van der Waals surface area contributed by atoms with Gasteiger partial charge in [0.1, 0.15) is 0 Å². The fraction of sp³-hybridized carbons (Fsp3) is 0.400. The fourth-order valence-electron chi connectivity index (χ4n) is 1.18. The van der Waals surface area contributed by atoms with E-state index < -0.39 is 0 Å². The minimum Gasteiger partial charge on any atom is -0.504 e. The van der Waals surface area contributed by atoms with Crippen molar-refractivity contribution in [1.29, 1.82) is 0 Å². The van der Waals surface area contributed by atoms with Crippen LogP contribution in [0.4, 0.5) is 0 Å². The molecule has 3 heteroatoms. The molecule has 0 saturated heterocycles. The van der Waals surface area contributed by atoms with Gasteiger partial charge in [-0.1, -0.05) is 26.0 Å². The first-order valence-electron chi connectivity index (χ1n) is 4.30. The molecule has 1 aromatic carbocycles. The topological polar surface area (TPSA) is 66.5 Å². The number of aromatic hydroxyl groups is 2. The highest BCUT2D eigenvalue weighted by Crippen LogP contribution is 2.33. The molecule has 0 aromatic heterocycles. The van der Waals surface area contributed by atoms with Crippen molar-refractivity contribution in [3.63, 3.8) is 0 Å². The molecule has 1 aromatic rings. The number of rotatable bonds is 2. The van der Waals surface area contributed by atoms with Crippen LogP contribution in [0, 0.1) is 5.92 Å². The lowest BCUT2D eigenvalue weighted by Gasteiger charge is -2.17. The summed E-state index contributed by atoms with van der Waals surface area (Å²) in [4.78, 5) is 0. The van der Waals surface area contributed by atoms with Gasteiger partial charge in [-0.2, -0.15) is 0 Å². The zero-order valence-corrected chi connectivity index (χ0v) is 7.86. The fourth-order valence-corrected chi connectivity index (χ4v) is 1.18. The Morgan fingerprint density at radius 1 is 1.23 bits per heavy atom. The van der Waals surface area contributed by atoms with E-state index in [1.807, 2.05) is 13.8 Å². The average molecular weight is 181 g/mol. The first-order chi connectivity index (χ1) is 6.04. The van der Waals surface area contributed by atoms with Crippen molar-refractivity contribution < 1.29 is 10.2 Å². The van der Waals surface area contributed by atoms with E-state index in [4.69, 9.17) is 5.73 Å². The van der Waals surface area contributed by atoms with Crippen molar-refractivity contribution >= 4 is 0 Å². The number of phenols is 2. The van der Waals surface area contributed by atoms with Gasteiger partial charge in [0.05, 0.1) is 0 Å². The van der Waals surface area contributed by atoms with Crippen molar-refractivity contribution in [2.75, 3.05) is 0 Å². The summed E-state index contributed by atoms with van der Waals surface area (Å²) in [6.07, 6.45) is 0. The van der Waals surface area contributed by atoms with Gasteiger partial charge in [-0.05, 0) is 12.0 Å². The van der Waals surface area contributed by atoms with Gasteiger partial charge in [-0.15, -0.1) is 0 Å². The molecule has 1 atom stereocenters. The summed E-state index contributed by atoms with van der Waals surface area (Å²) >= 11 is 0. The summed E-state index contributed by atoms with van der Waals surface area (Å²) in [5.41, 5.74) is 6.43. The molecule has 0 aliphatic carbocycles. The first-order valence-corrected chi connectivity index (χ1v) is 4.30. The van der Waals surface area contributed by atoms with Crippen LogP contribution >= 0.6 is 0 Å². The second kappa shape index (κ2) is 3.66. The van der Waals surface area contributed by atoms with Gasteiger partial charge in [0.15, 0.2) is 11.5 Å². The molecule has 0 radical (unpaired) electrons. The molecule has 0 unspecified atom stereocenters. The second-order valence-electron chi connectivity index (χ2n) is 3.48. The Morgan fingerprint density at radius 3 is 2.38 bits per heavy atom. The Balaban J connectivity index is 3.07. The molecule has 72 valence electrons. The summed E-state index contributed by atoms with van der Waals surface area (Å²) < 4.78 is 0. The Kier molecular flexibility index (Phi) is 2.78. The van der Waals surface area contributed by atoms with Crippen molar-refractivity contribution in [3.05, 3.63) is 23.8 Å². The van der Waals surface area contributed by atoms with E-state index in [1.54, 1.807) is 12.1 Å². The molecule has 0 amide bonds. The highest BCUT2D eigenvalue weighted by molar-refractivity contribution is 5.45. The average Bonchev–Trinajstić information content (AvgIpc) is 2.08. The number of para-hydroxylation sites is 1. The minimum absolute atomic E-state index is 0.108. The molecule has 0 fully saturated rings. The van der Waals surface area contributed by atoms with Gasteiger partial charge >= 0.3 is 0 Å². The Hall–Kier alpha value is -1.22. The predicted molar refractivity (Wildman–Crippen MR) is 51.5 cm³/mol. The molecule has 0 aliphatic rings. The van der Waals surface area contributed by atoms with E-state index in [2.05, 4.69) is 0 Å². The van der Waals surface area contributed by atoms with Crippen LogP contribution < -0.4 is 5.73 Å². The van der Waals surface area contributed by atoms with Crippen LogP contribution in [0.1, 0.15) is 25.5 Å². The lowest BCUT2D eigenvalue weighted by molar-refractivity contribution is 0.388. The third-order valence-corrected chi connectivity index (χ3v) is 2.12. The quantitative estimate of drug-likeness (QED) is 0.609. The third kappa shape index (κ3) is 1.92. The Morgan fingerprint density at radius 2 is 1.85 bits per heavy atom. The largest absolute Gasteiger partial charge is 0.504 e. The molecule has 3 nitrogen and oxygen atoms in total. The molecule has 4 N–H and O–H groups in total. The van der Waals surface area contributed by atoms with Gasteiger partial charge in [-0.3, -0.25) is 0 Å². The Bertz CT molecular complexity index is 297. The van der Waals surface area contributed by atoms with Crippen molar-refractivity contribution in [2.45, 2.75) is 19.9 Å². The highest BCUT2D eigenvalue weighted by Gasteiger charge is 2.15. The van der Waals surface area contributed by atoms with E-state index in [0.29, 0.717) is 5.56 Å². The standard InChI is InChI=1S/C10H15NO2/c1-6(2)9(11)7-4-3-5-8(12)10(7)13/h3-6,9,12-13H,11H2,1-2H3/t9-/m1/s1. The molecule has 13 heavy (non-hydrogen) atoms. The van der Waals surface area contributed by atoms with Crippen LogP contribution in [-0.4, -0.2) is 10.2 Å². The summed E-state index contributed by atoms with van der Waals surface area (Å²) in [6, 6.07) is 4.59. The van der Waals surface area contributed by atoms with E-state index in [-0.39, 0.29) is 23.5 Å². The number of phenolic OH excluding ortho intramolecular Hbond substituents is 2. The zero-order chi connectivity index (χ0) is 10.0. The third-order valence-electron chi connectivity index (χ3n) is 2.12. The summed E-state index contributed by atoms with van der Waals surface area (Å²) in [7, 11) is 0. The number of nitrogens with two attached hydrogens (primary N) is 1. The molecule has 0 aliphatic heterocycles. The molecule has 0 saturated carbocycles. The number of hydrogen-bond acceptors (Lipinski definition) is 3. The molecule has 0 bridgehead atoms. The maximum atomic E-state index is 9.49. The van der Waals surface area contributed by atoms with Crippen LogP contribution in [0.5, 0.6) is 11.5 Å². The smallest absolute Gasteiger partial charge is 0.162 e. The lowest BCUT2D eigenvalue weighted by Crippen LogP contribution is -2.16. The number of benzene rings is 1. The molecular formula is C10H15NO2. The van der Waals surface area contributed by atoms with Crippen molar-refractivity contribution in [2.24, 2.45) is 11.7 Å². The molecular weight excluding hydrogens is 166 g/mol. The van der Waals surface area contributed by atoms with E-state index >= 15 is 0 Å². The monoisotopic (exact) mass is 181 g/mol. The maximum absolute atomic E-state index is 9.49. The second-order valence-corrected chi connectivity index (χ2v) is 3.48. The van der Waals surface area contributed by atoms with E-state index in [1.165, 1.54) is 6.07 Å². The summed E-state index contributed by atoms with van der Waals surface area (Å²) in [5, 5.41) is 18.7. The van der Waals surface area contributed by atoms with Crippen LogP contribution in [0.2, 0.25) is 0 Å².